The first-order chi connectivity index (χ1) is 10.3. The molecule has 0 amide bonds. The number of Topliss-reactive ketones (excluding diaryl/α,β-unsaturated/α-hetero) is 1. The molecule has 1 aliphatic rings. The van der Waals surface area contributed by atoms with Crippen molar-refractivity contribution in [1.29, 1.82) is 0 Å². The van der Waals surface area contributed by atoms with E-state index < -0.39 is 0 Å². The Hall–Kier alpha value is -2.55. The van der Waals surface area contributed by atoms with E-state index >= 15 is 0 Å². The second kappa shape index (κ2) is 4.77. The predicted octanol–water partition coefficient (Wildman–Crippen LogP) is 3.54. The topological polar surface area (TPSA) is 42.9 Å². The quantitative estimate of drug-likeness (QED) is 0.686. The second-order valence-corrected chi connectivity index (χ2v) is 5.49. The van der Waals surface area contributed by atoms with Crippen molar-refractivity contribution in [3.8, 4) is 0 Å². The molecule has 102 valence electrons. The van der Waals surface area contributed by atoms with E-state index in [0.29, 0.717) is 12.3 Å². The largest absolute Gasteiger partial charge is 0.294 e. The van der Waals surface area contributed by atoms with Gasteiger partial charge in [-0.15, -0.1) is 0 Å². The highest BCUT2D eigenvalue weighted by Gasteiger charge is 2.27. The van der Waals surface area contributed by atoms with Crippen LogP contribution in [0.15, 0.2) is 54.9 Å². The standard InChI is InChI=1S/C18H14N2O/c21-18(11-14-9-12-3-1-2-4-15(12)14)13-5-6-16-17(10-13)20-8-7-19-16/h1-8,10,14H,9,11H2. The normalized spacial score (nSPS) is 16.3. The first-order valence-corrected chi connectivity index (χ1v) is 7.13. The van der Waals surface area contributed by atoms with Gasteiger partial charge < -0.3 is 0 Å². The summed E-state index contributed by atoms with van der Waals surface area (Å²) in [7, 11) is 0. The van der Waals surface area contributed by atoms with Crippen molar-refractivity contribution in [2.45, 2.75) is 18.8 Å². The van der Waals surface area contributed by atoms with Gasteiger partial charge in [-0.05, 0) is 41.7 Å². The van der Waals surface area contributed by atoms with Gasteiger partial charge in [-0.25, -0.2) is 0 Å². The molecule has 0 radical (unpaired) electrons. The van der Waals surface area contributed by atoms with Gasteiger partial charge in [0.25, 0.3) is 0 Å². The average molecular weight is 274 g/mol. The molecule has 2 aromatic carbocycles. The molecule has 3 aromatic rings. The zero-order valence-electron chi connectivity index (χ0n) is 11.5. The van der Waals surface area contributed by atoms with Crippen molar-refractivity contribution in [2.24, 2.45) is 0 Å². The average Bonchev–Trinajstić information content (AvgIpc) is 2.52. The van der Waals surface area contributed by atoms with E-state index in [1.807, 2.05) is 24.3 Å². The Morgan fingerprint density at radius 2 is 1.86 bits per heavy atom. The number of hydrogen-bond donors (Lipinski definition) is 0. The van der Waals surface area contributed by atoms with Gasteiger partial charge in [0.1, 0.15) is 0 Å². The molecule has 3 nitrogen and oxygen atoms in total. The lowest BCUT2D eigenvalue weighted by Crippen LogP contribution is -2.20. The number of aromatic nitrogens is 2. The summed E-state index contributed by atoms with van der Waals surface area (Å²) in [5.74, 6) is 0.549. The minimum Gasteiger partial charge on any atom is -0.294 e. The van der Waals surface area contributed by atoms with Crippen molar-refractivity contribution in [1.82, 2.24) is 9.97 Å². The van der Waals surface area contributed by atoms with E-state index in [0.717, 1.165) is 23.0 Å². The lowest BCUT2D eigenvalue weighted by atomic mass is 9.74. The highest BCUT2D eigenvalue weighted by molar-refractivity contribution is 5.99. The lowest BCUT2D eigenvalue weighted by Gasteiger charge is -2.29. The van der Waals surface area contributed by atoms with Crippen LogP contribution in [0.2, 0.25) is 0 Å². The fourth-order valence-corrected chi connectivity index (χ4v) is 3.02. The Bertz CT molecular complexity index is 841. The smallest absolute Gasteiger partial charge is 0.163 e. The van der Waals surface area contributed by atoms with Crippen molar-refractivity contribution in [3.05, 3.63) is 71.5 Å². The molecule has 1 atom stereocenters. The number of carbonyl (C=O) groups is 1. The van der Waals surface area contributed by atoms with Gasteiger partial charge in [-0.2, -0.15) is 0 Å². The summed E-state index contributed by atoms with van der Waals surface area (Å²) in [6, 6.07) is 13.9. The molecule has 1 heterocycles. The molecule has 3 heteroatoms. The monoisotopic (exact) mass is 274 g/mol. The zero-order chi connectivity index (χ0) is 14.2. The number of fused-ring (bicyclic) bond motifs is 2. The molecule has 1 aliphatic carbocycles. The first-order valence-electron chi connectivity index (χ1n) is 7.13. The SMILES string of the molecule is O=C(CC1Cc2ccccc21)c1ccc2nccnc2c1. The van der Waals surface area contributed by atoms with Crippen LogP contribution in [0.1, 0.15) is 33.8 Å². The number of hydrogen-bond acceptors (Lipinski definition) is 3. The van der Waals surface area contributed by atoms with Crippen LogP contribution < -0.4 is 0 Å². The number of ketones is 1. The Labute approximate surface area is 122 Å². The summed E-state index contributed by atoms with van der Waals surface area (Å²) in [5, 5.41) is 0. The van der Waals surface area contributed by atoms with Gasteiger partial charge in [0.15, 0.2) is 5.78 Å². The van der Waals surface area contributed by atoms with Crippen LogP contribution in [-0.2, 0) is 6.42 Å². The zero-order valence-corrected chi connectivity index (χ0v) is 11.5. The Morgan fingerprint density at radius 1 is 1.05 bits per heavy atom. The van der Waals surface area contributed by atoms with E-state index in [-0.39, 0.29) is 5.78 Å². The summed E-state index contributed by atoms with van der Waals surface area (Å²) in [6.07, 6.45) is 4.89. The van der Waals surface area contributed by atoms with Crippen molar-refractivity contribution in [2.75, 3.05) is 0 Å². The number of carbonyl (C=O) groups excluding carboxylic acids is 1. The third kappa shape index (κ3) is 2.11. The molecular weight excluding hydrogens is 260 g/mol. The van der Waals surface area contributed by atoms with Gasteiger partial charge in [0.2, 0.25) is 0 Å². The molecule has 1 unspecified atom stereocenters. The Kier molecular flexibility index (Phi) is 2.78. The summed E-state index contributed by atoms with van der Waals surface area (Å²) in [6.45, 7) is 0. The number of benzene rings is 2. The lowest BCUT2D eigenvalue weighted by molar-refractivity contribution is 0.0970. The third-order valence-electron chi connectivity index (χ3n) is 4.18. The molecule has 0 saturated heterocycles. The van der Waals surface area contributed by atoms with Crippen molar-refractivity contribution < 1.29 is 4.79 Å². The van der Waals surface area contributed by atoms with E-state index in [9.17, 15) is 4.79 Å². The van der Waals surface area contributed by atoms with Crippen LogP contribution in [0.25, 0.3) is 11.0 Å². The minimum absolute atomic E-state index is 0.182. The number of rotatable bonds is 3. The summed E-state index contributed by atoms with van der Waals surface area (Å²) < 4.78 is 0. The van der Waals surface area contributed by atoms with E-state index in [1.165, 1.54) is 11.1 Å². The second-order valence-electron chi connectivity index (χ2n) is 5.49. The third-order valence-corrected chi connectivity index (χ3v) is 4.18. The van der Waals surface area contributed by atoms with Crippen LogP contribution in [0.4, 0.5) is 0 Å². The van der Waals surface area contributed by atoms with Crippen LogP contribution in [-0.4, -0.2) is 15.8 Å². The molecule has 0 saturated carbocycles. The molecule has 0 bridgehead atoms. The maximum Gasteiger partial charge on any atom is 0.163 e. The van der Waals surface area contributed by atoms with Crippen LogP contribution in [0.3, 0.4) is 0 Å². The highest BCUT2D eigenvalue weighted by Crippen LogP contribution is 2.37. The van der Waals surface area contributed by atoms with Crippen LogP contribution in [0, 0.1) is 0 Å². The van der Waals surface area contributed by atoms with Gasteiger partial charge in [-0.1, -0.05) is 24.3 Å². The van der Waals surface area contributed by atoms with E-state index in [4.69, 9.17) is 0 Å². The molecule has 21 heavy (non-hydrogen) atoms. The number of nitrogens with zero attached hydrogens (tertiary/aromatic N) is 2. The van der Waals surface area contributed by atoms with Gasteiger partial charge >= 0.3 is 0 Å². The minimum atomic E-state index is 0.182. The van der Waals surface area contributed by atoms with Gasteiger partial charge in [0, 0.05) is 24.4 Å². The highest BCUT2D eigenvalue weighted by atomic mass is 16.1. The van der Waals surface area contributed by atoms with Crippen molar-refractivity contribution in [3.63, 3.8) is 0 Å². The summed E-state index contributed by atoms with van der Waals surface area (Å²) in [5.41, 5.74) is 5.03. The molecule has 0 spiro atoms. The molecule has 4 rings (SSSR count). The summed E-state index contributed by atoms with van der Waals surface area (Å²) >= 11 is 0. The van der Waals surface area contributed by atoms with Crippen LogP contribution in [0.5, 0.6) is 0 Å². The van der Waals surface area contributed by atoms with Gasteiger partial charge in [0.05, 0.1) is 11.0 Å². The molecule has 0 N–H and O–H groups in total. The van der Waals surface area contributed by atoms with Gasteiger partial charge in [-0.3, -0.25) is 14.8 Å². The molecule has 0 fully saturated rings. The fraction of sp³-hybridized carbons (Fsp3) is 0.167. The maximum atomic E-state index is 12.5. The van der Waals surface area contributed by atoms with Crippen molar-refractivity contribution >= 4 is 16.8 Å². The van der Waals surface area contributed by atoms with E-state index in [2.05, 4.69) is 28.2 Å². The first kappa shape index (κ1) is 12.2. The summed E-state index contributed by atoms with van der Waals surface area (Å²) in [4.78, 5) is 20.9. The predicted molar refractivity (Wildman–Crippen MR) is 81.4 cm³/mol. The molecular formula is C18H14N2O. The fourth-order valence-electron chi connectivity index (χ4n) is 3.02. The maximum absolute atomic E-state index is 12.5. The Balaban J connectivity index is 1.57. The molecule has 0 aliphatic heterocycles. The molecule has 1 aromatic heterocycles. The Morgan fingerprint density at radius 3 is 2.71 bits per heavy atom. The van der Waals surface area contributed by atoms with Crippen LogP contribution >= 0.6 is 0 Å². The van der Waals surface area contributed by atoms with E-state index in [1.54, 1.807) is 12.4 Å².